The Kier molecular flexibility index (Phi) is 5.48. The van der Waals surface area contributed by atoms with Crippen LogP contribution in [0.4, 0.5) is 4.39 Å². The topological polar surface area (TPSA) is 12.5 Å². The first kappa shape index (κ1) is 21.1. The minimum absolute atomic E-state index is 0.217. The van der Waals surface area contributed by atoms with E-state index in [9.17, 15) is 4.39 Å². The fraction of sp³-hybridized carbons (Fsp3) is 0.310. The monoisotopic (exact) mass is 427 g/mol. The normalized spacial score (nSPS) is 21.2. The van der Waals surface area contributed by atoms with E-state index < -0.39 is 5.60 Å². The molecule has 0 radical (unpaired) electrons. The van der Waals surface area contributed by atoms with Crippen LogP contribution in [-0.4, -0.2) is 25.5 Å². The summed E-state index contributed by atoms with van der Waals surface area (Å²) in [5.74, 6) is 0.275. The van der Waals surface area contributed by atoms with E-state index in [1.54, 1.807) is 0 Å². The molecule has 5 rings (SSSR count). The van der Waals surface area contributed by atoms with Crippen molar-refractivity contribution in [2.75, 3.05) is 20.6 Å². The maximum absolute atomic E-state index is 13.7. The van der Waals surface area contributed by atoms with Gasteiger partial charge >= 0.3 is 0 Å². The molecule has 2 nitrogen and oxygen atoms in total. The number of fused-ring (bicyclic) bond motifs is 2. The summed E-state index contributed by atoms with van der Waals surface area (Å²) in [7, 11) is 4.18. The van der Waals surface area contributed by atoms with Crippen LogP contribution in [0.15, 0.2) is 66.7 Å². The number of benzene rings is 3. The highest BCUT2D eigenvalue weighted by Crippen LogP contribution is 2.46. The second kappa shape index (κ2) is 8.31. The van der Waals surface area contributed by atoms with Gasteiger partial charge in [-0.15, -0.1) is 0 Å². The van der Waals surface area contributed by atoms with Crippen LogP contribution in [0.2, 0.25) is 0 Å². The third-order valence-electron chi connectivity index (χ3n) is 6.93. The third-order valence-corrected chi connectivity index (χ3v) is 6.93. The number of rotatable bonds is 6. The quantitative estimate of drug-likeness (QED) is 0.432. The van der Waals surface area contributed by atoms with Crippen molar-refractivity contribution in [2.24, 2.45) is 0 Å². The van der Waals surface area contributed by atoms with Crippen molar-refractivity contribution < 1.29 is 9.13 Å². The number of allylic oxidation sites excluding steroid dienone is 1. The average Bonchev–Trinajstić information content (AvgIpc) is 3.35. The largest absolute Gasteiger partial charge is 0.361 e. The molecule has 2 atom stereocenters. The van der Waals surface area contributed by atoms with Gasteiger partial charge < -0.3 is 9.64 Å². The first-order valence-corrected chi connectivity index (χ1v) is 11.5. The molecule has 3 heteroatoms. The van der Waals surface area contributed by atoms with E-state index in [4.69, 9.17) is 4.74 Å². The molecule has 0 saturated carbocycles. The van der Waals surface area contributed by atoms with Crippen LogP contribution >= 0.6 is 0 Å². The predicted molar refractivity (Wildman–Crippen MR) is 129 cm³/mol. The minimum atomic E-state index is -0.520. The summed E-state index contributed by atoms with van der Waals surface area (Å²) in [5.41, 5.74) is 8.10. The lowest BCUT2D eigenvalue weighted by Gasteiger charge is -2.31. The summed E-state index contributed by atoms with van der Waals surface area (Å²) >= 11 is 0. The van der Waals surface area contributed by atoms with Gasteiger partial charge in [0, 0.05) is 0 Å². The molecule has 164 valence electrons. The van der Waals surface area contributed by atoms with Crippen LogP contribution in [0.1, 0.15) is 53.5 Å². The lowest BCUT2D eigenvalue weighted by molar-refractivity contribution is -0.0140. The van der Waals surface area contributed by atoms with Gasteiger partial charge in [-0.25, -0.2) is 4.39 Å². The Hall–Kier alpha value is -2.75. The van der Waals surface area contributed by atoms with Crippen LogP contribution < -0.4 is 0 Å². The van der Waals surface area contributed by atoms with Gasteiger partial charge in [0.2, 0.25) is 0 Å². The molecule has 0 spiro atoms. The predicted octanol–water partition coefficient (Wildman–Crippen LogP) is 6.74. The molecule has 2 aliphatic rings. The molecule has 3 aromatic carbocycles. The van der Waals surface area contributed by atoms with Crippen molar-refractivity contribution in [1.82, 2.24) is 4.90 Å². The van der Waals surface area contributed by atoms with E-state index in [2.05, 4.69) is 74.5 Å². The summed E-state index contributed by atoms with van der Waals surface area (Å²) in [5, 5.41) is 0. The van der Waals surface area contributed by atoms with Crippen molar-refractivity contribution in [3.63, 3.8) is 0 Å². The second-order valence-corrected chi connectivity index (χ2v) is 9.39. The van der Waals surface area contributed by atoms with Gasteiger partial charge in [-0.1, -0.05) is 55.5 Å². The Balaban J connectivity index is 1.52. The Labute approximate surface area is 190 Å². The van der Waals surface area contributed by atoms with Crippen LogP contribution in [-0.2, 0) is 16.9 Å². The van der Waals surface area contributed by atoms with Crippen LogP contribution in [0, 0.1) is 5.82 Å². The highest BCUT2D eigenvalue weighted by molar-refractivity contribution is 5.73. The molecule has 0 bridgehead atoms. The van der Waals surface area contributed by atoms with Crippen molar-refractivity contribution >= 4 is 6.08 Å². The number of hydrogen-bond donors (Lipinski definition) is 0. The van der Waals surface area contributed by atoms with Crippen LogP contribution in [0.25, 0.3) is 17.2 Å². The highest BCUT2D eigenvalue weighted by Gasteiger charge is 2.41. The van der Waals surface area contributed by atoms with Gasteiger partial charge in [-0.05, 0) is 103 Å². The smallest absolute Gasteiger partial charge is 0.123 e. The molecule has 0 N–H and O–H groups in total. The van der Waals surface area contributed by atoms with E-state index in [0.29, 0.717) is 12.5 Å². The van der Waals surface area contributed by atoms with Gasteiger partial charge in [-0.3, -0.25) is 0 Å². The average molecular weight is 428 g/mol. The third kappa shape index (κ3) is 3.70. The van der Waals surface area contributed by atoms with Gasteiger partial charge in [0.15, 0.2) is 0 Å². The molecule has 0 amide bonds. The Morgan fingerprint density at radius 2 is 1.75 bits per heavy atom. The Morgan fingerprint density at radius 3 is 2.53 bits per heavy atom. The van der Waals surface area contributed by atoms with Gasteiger partial charge in [0.1, 0.15) is 11.4 Å². The number of hydrogen-bond acceptors (Lipinski definition) is 2. The summed E-state index contributed by atoms with van der Waals surface area (Å²) in [4.78, 5) is 2.19. The molecule has 0 saturated heterocycles. The lowest BCUT2D eigenvalue weighted by Crippen LogP contribution is -2.28. The van der Waals surface area contributed by atoms with Gasteiger partial charge in [-0.2, -0.15) is 0 Å². The maximum Gasteiger partial charge on any atom is 0.123 e. The second-order valence-electron chi connectivity index (χ2n) is 9.39. The van der Waals surface area contributed by atoms with Gasteiger partial charge in [0.05, 0.1) is 6.61 Å². The molecule has 0 aromatic heterocycles. The zero-order valence-electron chi connectivity index (χ0n) is 19.1. The summed E-state index contributed by atoms with van der Waals surface area (Å²) in [6.45, 7) is 3.80. The molecular formula is C29H30FNO. The van der Waals surface area contributed by atoms with E-state index in [1.807, 2.05) is 12.1 Å². The molecular weight excluding hydrogens is 397 g/mol. The Bertz CT molecular complexity index is 1160. The molecule has 32 heavy (non-hydrogen) atoms. The van der Waals surface area contributed by atoms with E-state index in [0.717, 1.165) is 24.9 Å². The number of nitrogens with zero attached hydrogens (tertiary/aromatic N) is 1. The zero-order valence-corrected chi connectivity index (χ0v) is 19.1. The fourth-order valence-corrected chi connectivity index (χ4v) is 5.18. The summed E-state index contributed by atoms with van der Waals surface area (Å²) in [6, 6.07) is 20.3. The van der Waals surface area contributed by atoms with E-state index in [-0.39, 0.29) is 5.82 Å². The van der Waals surface area contributed by atoms with E-state index in [1.165, 1.54) is 45.5 Å². The standard InChI is InChI=1S/C29H30FNO/c1-20-5-6-23-17-21(7-13-27(20)23)22-8-14-28-24(18-22)19-32-29(28,15-4-16-31(2)3)25-9-11-26(30)12-10-25/h5-14,17-18,20H,4,15-16,19H2,1-3H3. The lowest BCUT2D eigenvalue weighted by atomic mass is 9.81. The van der Waals surface area contributed by atoms with Gasteiger partial charge in [0.25, 0.3) is 0 Å². The van der Waals surface area contributed by atoms with Crippen LogP contribution in [0.3, 0.4) is 0 Å². The number of halogens is 1. The maximum atomic E-state index is 13.7. The molecule has 3 aromatic rings. The summed E-state index contributed by atoms with van der Waals surface area (Å²) in [6.07, 6.45) is 6.35. The molecule has 2 unspecified atom stereocenters. The van der Waals surface area contributed by atoms with E-state index >= 15 is 0 Å². The minimum Gasteiger partial charge on any atom is -0.361 e. The molecule has 0 fully saturated rings. The first-order chi connectivity index (χ1) is 15.5. The van der Waals surface area contributed by atoms with Crippen molar-refractivity contribution in [1.29, 1.82) is 0 Å². The van der Waals surface area contributed by atoms with Crippen LogP contribution in [0.5, 0.6) is 0 Å². The zero-order chi connectivity index (χ0) is 22.3. The van der Waals surface area contributed by atoms with Crippen molar-refractivity contribution in [2.45, 2.75) is 37.9 Å². The fourth-order valence-electron chi connectivity index (χ4n) is 5.18. The number of ether oxygens (including phenoxy) is 1. The molecule has 1 aliphatic heterocycles. The van der Waals surface area contributed by atoms with Crippen molar-refractivity contribution in [3.05, 3.63) is 100 Å². The molecule has 1 aliphatic carbocycles. The first-order valence-electron chi connectivity index (χ1n) is 11.5. The molecule has 1 heterocycles. The summed E-state index contributed by atoms with van der Waals surface area (Å²) < 4.78 is 20.2. The Morgan fingerprint density at radius 1 is 1.00 bits per heavy atom. The SMILES string of the molecule is CC1C=Cc2cc(-c3ccc4c(c3)COC4(CCCN(C)C)c3ccc(F)cc3)ccc21. The van der Waals surface area contributed by atoms with Crippen molar-refractivity contribution in [3.8, 4) is 11.1 Å². The highest BCUT2D eigenvalue weighted by atomic mass is 19.1.